The molecule has 0 saturated carbocycles. The van der Waals surface area contributed by atoms with E-state index >= 15 is 0 Å². The molecule has 1 aromatic carbocycles. The molecule has 15 heavy (non-hydrogen) atoms. The third-order valence-corrected chi connectivity index (χ3v) is 2.08. The minimum absolute atomic E-state index is 0.187. The summed E-state index contributed by atoms with van der Waals surface area (Å²) < 4.78 is 0. The van der Waals surface area contributed by atoms with Gasteiger partial charge in [0.05, 0.1) is 4.92 Å². The van der Waals surface area contributed by atoms with Crippen LogP contribution in [0.2, 0.25) is 0 Å². The zero-order chi connectivity index (χ0) is 11.1. The SMILES string of the molecule is NCCNCCc1ccccc1[N+](=O)[O-]. The average molecular weight is 209 g/mol. The zero-order valence-corrected chi connectivity index (χ0v) is 8.48. The summed E-state index contributed by atoms with van der Waals surface area (Å²) in [6, 6.07) is 6.79. The van der Waals surface area contributed by atoms with Crippen LogP contribution in [0.1, 0.15) is 5.56 Å². The van der Waals surface area contributed by atoms with E-state index in [0.717, 1.165) is 12.1 Å². The van der Waals surface area contributed by atoms with Gasteiger partial charge in [0.2, 0.25) is 0 Å². The molecular weight excluding hydrogens is 194 g/mol. The van der Waals surface area contributed by atoms with Gasteiger partial charge in [0.15, 0.2) is 0 Å². The van der Waals surface area contributed by atoms with E-state index in [1.165, 1.54) is 6.07 Å². The molecule has 0 unspecified atom stereocenters. The van der Waals surface area contributed by atoms with Crippen LogP contribution in [-0.4, -0.2) is 24.6 Å². The summed E-state index contributed by atoms with van der Waals surface area (Å²) in [4.78, 5) is 10.3. The first kappa shape index (κ1) is 11.6. The molecule has 3 N–H and O–H groups in total. The van der Waals surface area contributed by atoms with E-state index in [1.54, 1.807) is 12.1 Å². The first-order valence-corrected chi connectivity index (χ1v) is 4.89. The lowest BCUT2D eigenvalue weighted by atomic mass is 10.1. The lowest BCUT2D eigenvalue weighted by Gasteiger charge is -2.03. The fraction of sp³-hybridized carbons (Fsp3) is 0.400. The number of nitro benzene ring substituents is 1. The van der Waals surface area contributed by atoms with Crippen LogP contribution in [-0.2, 0) is 6.42 Å². The van der Waals surface area contributed by atoms with E-state index in [9.17, 15) is 10.1 Å². The van der Waals surface area contributed by atoms with Crippen molar-refractivity contribution in [2.24, 2.45) is 5.73 Å². The topological polar surface area (TPSA) is 81.2 Å². The Morgan fingerprint density at radius 3 is 2.73 bits per heavy atom. The van der Waals surface area contributed by atoms with Crippen LogP contribution in [0.3, 0.4) is 0 Å². The van der Waals surface area contributed by atoms with E-state index in [2.05, 4.69) is 5.32 Å². The molecular formula is C10H15N3O2. The van der Waals surface area contributed by atoms with Crippen LogP contribution in [0.5, 0.6) is 0 Å². The summed E-state index contributed by atoms with van der Waals surface area (Å²) in [5.74, 6) is 0. The Balaban J connectivity index is 2.56. The Morgan fingerprint density at radius 2 is 2.07 bits per heavy atom. The minimum atomic E-state index is -0.349. The summed E-state index contributed by atoms with van der Waals surface area (Å²) in [7, 11) is 0. The van der Waals surface area contributed by atoms with Gasteiger partial charge in [-0.25, -0.2) is 0 Å². The maximum atomic E-state index is 10.7. The standard InChI is InChI=1S/C10H15N3O2/c11-6-8-12-7-5-9-3-1-2-4-10(9)13(14)15/h1-4,12H,5-8,11H2. The van der Waals surface area contributed by atoms with E-state index in [-0.39, 0.29) is 10.6 Å². The van der Waals surface area contributed by atoms with Crippen LogP contribution in [0.25, 0.3) is 0 Å². The van der Waals surface area contributed by atoms with Gasteiger partial charge in [0.1, 0.15) is 0 Å². The normalized spacial score (nSPS) is 10.2. The van der Waals surface area contributed by atoms with Crippen LogP contribution >= 0.6 is 0 Å². The number of benzene rings is 1. The number of nitrogens with one attached hydrogen (secondary N) is 1. The van der Waals surface area contributed by atoms with Gasteiger partial charge in [0, 0.05) is 24.7 Å². The van der Waals surface area contributed by atoms with Gasteiger partial charge in [-0.3, -0.25) is 10.1 Å². The predicted molar refractivity (Wildman–Crippen MR) is 58.7 cm³/mol. The Labute approximate surface area is 88.4 Å². The molecule has 5 heteroatoms. The van der Waals surface area contributed by atoms with Crippen molar-refractivity contribution < 1.29 is 4.92 Å². The van der Waals surface area contributed by atoms with E-state index in [1.807, 2.05) is 6.07 Å². The van der Waals surface area contributed by atoms with Gasteiger partial charge in [-0.15, -0.1) is 0 Å². The van der Waals surface area contributed by atoms with E-state index in [4.69, 9.17) is 5.73 Å². The molecule has 0 radical (unpaired) electrons. The molecule has 0 aliphatic carbocycles. The van der Waals surface area contributed by atoms with Gasteiger partial charge in [-0.1, -0.05) is 18.2 Å². The molecule has 0 aromatic heterocycles. The highest BCUT2D eigenvalue weighted by Gasteiger charge is 2.10. The smallest absolute Gasteiger partial charge is 0.272 e. The fourth-order valence-corrected chi connectivity index (χ4v) is 1.35. The molecule has 0 heterocycles. The van der Waals surface area contributed by atoms with Crippen LogP contribution < -0.4 is 11.1 Å². The quantitative estimate of drug-likeness (QED) is 0.410. The van der Waals surface area contributed by atoms with Crippen molar-refractivity contribution in [3.63, 3.8) is 0 Å². The number of nitrogens with two attached hydrogens (primary N) is 1. The Bertz CT molecular complexity index is 328. The minimum Gasteiger partial charge on any atom is -0.329 e. The molecule has 82 valence electrons. The lowest BCUT2D eigenvalue weighted by molar-refractivity contribution is -0.385. The molecule has 0 saturated heterocycles. The van der Waals surface area contributed by atoms with E-state index in [0.29, 0.717) is 19.5 Å². The second-order valence-corrected chi connectivity index (χ2v) is 3.17. The molecule has 0 aliphatic rings. The summed E-state index contributed by atoms with van der Waals surface area (Å²) in [5, 5.41) is 13.8. The lowest BCUT2D eigenvalue weighted by Crippen LogP contribution is -2.24. The maximum absolute atomic E-state index is 10.7. The van der Waals surface area contributed by atoms with Crippen LogP contribution in [0.4, 0.5) is 5.69 Å². The second kappa shape index (κ2) is 6.10. The van der Waals surface area contributed by atoms with Crippen molar-refractivity contribution in [3.05, 3.63) is 39.9 Å². The summed E-state index contributed by atoms with van der Waals surface area (Å²) in [6.45, 7) is 2.03. The molecule has 1 rings (SSSR count). The predicted octanol–water partition coefficient (Wildman–Crippen LogP) is 0.686. The van der Waals surface area contributed by atoms with Crippen molar-refractivity contribution in [1.29, 1.82) is 0 Å². The van der Waals surface area contributed by atoms with Crippen LogP contribution in [0, 0.1) is 10.1 Å². The van der Waals surface area contributed by atoms with Crippen molar-refractivity contribution in [1.82, 2.24) is 5.32 Å². The van der Waals surface area contributed by atoms with Crippen molar-refractivity contribution >= 4 is 5.69 Å². The fourth-order valence-electron chi connectivity index (χ4n) is 1.35. The summed E-state index contributed by atoms with van der Waals surface area (Å²) in [5.41, 5.74) is 6.26. The first-order chi connectivity index (χ1) is 7.25. The maximum Gasteiger partial charge on any atom is 0.272 e. The Hall–Kier alpha value is -1.46. The number of rotatable bonds is 6. The first-order valence-electron chi connectivity index (χ1n) is 4.89. The van der Waals surface area contributed by atoms with Gasteiger partial charge < -0.3 is 11.1 Å². The molecule has 5 nitrogen and oxygen atoms in total. The largest absolute Gasteiger partial charge is 0.329 e. The molecule has 0 atom stereocenters. The molecule has 0 fully saturated rings. The molecule has 1 aromatic rings. The summed E-state index contributed by atoms with van der Waals surface area (Å²) >= 11 is 0. The van der Waals surface area contributed by atoms with Crippen LogP contribution in [0.15, 0.2) is 24.3 Å². The number of hydrogen-bond acceptors (Lipinski definition) is 4. The number of hydrogen-bond donors (Lipinski definition) is 2. The highest BCUT2D eigenvalue weighted by molar-refractivity contribution is 5.39. The van der Waals surface area contributed by atoms with Gasteiger partial charge in [-0.2, -0.15) is 0 Å². The number of nitrogens with zero attached hydrogens (tertiary/aromatic N) is 1. The summed E-state index contributed by atoms with van der Waals surface area (Å²) in [6.07, 6.45) is 0.650. The molecule has 0 aliphatic heterocycles. The number of nitro groups is 1. The average Bonchev–Trinajstić information content (AvgIpc) is 2.25. The molecule has 0 amide bonds. The third kappa shape index (κ3) is 3.65. The van der Waals surface area contributed by atoms with Crippen molar-refractivity contribution in [2.45, 2.75) is 6.42 Å². The Morgan fingerprint density at radius 1 is 1.33 bits per heavy atom. The third-order valence-electron chi connectivity index (χ3n) is 2.08. The van der Waals surface area contributed by atoms with Gasteiger partial charge in [-0.05, 0) is 13.0 Å². The Kier molecular flexibility index (Phi) is 4.73. The van der Waals surface area contributed by atoms with Crippen molar-refractivity contribution in [2.75, 3.05) is 19.6 Å². The zero-order valence-electron chi connectivity index (χ0n) is 8.48. The monoisotopic (exact) mass is 209 g/mol. The second-order valence-electron chi connectivity index (χ2n) is 3.17. The van der Waals surface area contributed by atoms with Gasteiger partial charge in [0.25, 0.3) is 5.69 Å². The molecule has 0 bridgehead atoms. The van der Waals surface area contributed by atoms with Gasteiger partial charge >= 0.3 is 0 Å². The number of para-hydroxylation sites is 1. The van der Waals surface area contributed by atoms with Crippen molar-refractivity contribution in [3.8, 4) is 0 Å². The van der Waals surface area contributed by atoms with E-state index < -0.39 is 0 Å². The highest BCUT2D eigenvalue weighted by Crippen LogP contribution is 2.17. The highest BCUT2D eigenvalue weighted by atomic mass is 16.6. The molecule has 0 spiro atoms.